The van der Waals surface area contributed by atoms with Crippen LogP contribution in [0.25, 0.3) is 0 Å². The lowest BCUT2D eigenvalue weighted by molar-refractivity contribution is 0.0995. The normalized spacial score (nSPS) is 11.0. The standard InChI is InChI=1S/C15H18N2OS/c1-9(2)14-15(19-17-16-14)13(18)8-12-7-10(3)5-6-11(12)4/h5-7,9H,8H2,1-4H3. The fourth-order valence-corrected chi connectivity index (χ4v) is 2.77. The Morgan fingerprint density at radius 2 is 2.05 bits per heavy atom. The Bertz CT molecular complexity index is 602. The second-order valence-corrected chi connectivity index (χ2v) is 5.93. The van der Waals surface area contributed by atoms with Gasteiger partial charge in [-0.1, -0.05) is 42.1 Å². The first-order valence-electron chi connectivity index (χ1n) is 6.40. The summed E-state index contributed by atoms with van der Waals surface area (Å²) in [6.45, 7) is 8.15. The molecule has 100 valence electrons. The minimum absolute atomic E-state index is 0.118. The summed E-state index contributed by atoms with van der Waals surface area (Å²) < 4.78 is 3.92. The van der Waals surface area contributed by atoms with E-state index in [2.05, 4.69) is 27.8 Å². The molecule has 0 unspecified atom stereocenters. The molecule has 0 amide bonds. The molecular weight excluding hydrogens is 256 g/mol. The minimum atomic E-state index is 0.118. The summed E-state index contributed by atoms with van der Waals surface area (Å²) in [5.41, 5.74) is 4.25. The molecule has 0 atom stereocenters. The number of benzene rings is 1. The van der Waals surface area contributed by atoms with Crippen molar-refractivity contribution < 1.29 is 4.79 Å². The third kappa shape index (κ3) is 3.07. The quantitative estimate of drug-likeness (QED) is 0.798. The molecule has 3 nitrogen and oxygen atoms in total. The molecule has 4 heteroatoms. The molecule has 0 aliphatic heterocycles. The van der Waals surface area contributed by atoms with E-state index in [1.807, 2.05) is 27.7 Å². The lowest BCUT2D eigenvalue weighted by Crippen LogP contribution is -2.07. The van der Waals surface area contributed by atoms with Crippen molar-refractivity contribution in [2.75, 3.05) is 0 Å². The number of aromatic nitrogens is 2. The molecule has 0 N–H and O–H groups in total. The average Bonchev–Trinajstić information content (AvgIpc) is 2.83. The zero-order chi connectivity index (χ0) is 14.0. The molecule has 1 aromatic carbocycles. The molecule has 0 aliphatic rings. The topological polar surface area (TPSA) is 42.9 Å². The van der Waals surface area contributed by atoms with E-state index >= 15 is 0 Å². The molecule has 19 heavy (non-hydrogen) atoms. The van der Waals surface area contributed by atoms with Gasteiger partial charge in [0.15, 0.2) is 5.78 Å². The minimum Gasteiger partial charge on any atom is -0.293 e. The Hall–Kier alpha value is -1.55. The second kappa shape index (κ2) is 5.61. The van der Waals surface area contributed by atoms with Crippen molar-refractivity contribution >= 4 is 17.3 Å². The van der Waals surface area contributed by atoms with Gasteiger partial charge in [0.1, 0.15) is 4.88 Å². The number of hydrogen-bond donors (Lipinski definition) is 0. The van der Waals surface area contributed by atoms with Crippen LogP contribution in [-0.2, 0) is 6.42 Å². The van der Waals surface area contributed by atoms with Gasteiger partial charge in [0.2, 0.25) is 0 Å². The zero-order valence-electron chi connectivity index (χ0n) is 11.7. The van der Waals surface area contributed by atoms with Crippen LogP contribution in [0.3, 0.4) is 0 Å². The lowest BCUT2D eigenvalue weighted by Gasteiger charge is -2.07. The van der Waals surface area contributed by atoms with Crippen LogP contribution in [-0.4, -0.2) is 15.4 Å². The average molecular weight is 274 g/mol. The van der Waals surface area contributed by atoms with Crippen molar-refractivity contribution in [3.63, 3.8) is 0 Å². The Balaban J connectivity index is 2.26. The molecule has 0 spiro atoms. The highest BCUT2D eigenvalue weighted by molar-refractivity contribution is 7.08. The van der Waals surface area contributed by atoms with Gasteiger partial charge in [-0.05, 0) is 42.4 Å². The molecule has 0 saturated heterocycles. The van der Waals surface area contributed by atoms with Crippen LogP contribution in [0.2, 0.25) is 0 Å². The van der Waals surface area contributed by atoms with E-state index < -0.39 is 0 Å². The van der Waals surface area contributed by atoms with Crippen LogP contribution < -0.4 is 0 Å². The summed E-state index contributed by atoms with van der Waals surface area (Å²) in [6, 6.07) is 6.21. The number of carbonyl (C=O) groups excluding carboxylic acids is 1. The predicted octanol–water partition coefficient (Wildman–Crippen LogP) is 3.70. The fraction of sp³-hybridized carbons (Fsp3) is 0.400. The van der Waals surface area contributed by atoms with Crippen LogP contribution in [0.1, 0.15) is 51.8 Å². The predicted molar refractivity (Wildman–Crippen MR) is 77.9 cm³/mol. The van der Waals surface area contributed by atoms with Crippen molar-refractivity contribution in [2.24, 2.45) is 0 Å². The SMILES string of the molecule is Cc1ccc(C)c(CC(=O)c2snnc2C(C)C)c1. The highest BCUT2D eigenvalue weighted by Crippen LogP contribution is 2.22. The molecule has 0 aliphatic carbocycles. The van der Waals surface area contributed by atoms with Crippen LogP contribution in [0.4, 0.5) is 0 Å². The number of hydrogen-bond acceptors (Lipinski definition) is 4. The van der Waals surface area contributed by atoms with E-state index in [9.17, 15) is 4.79 Å². The molecule has 0 fully saturated rings. The van der Waals surface area contributed by atoms with E-state index in [4.69, 9.17) is 0 Å². The molecule has 1 aromatic heterocycles. The molecule has 2 aromatic rings. The van der Waals surface area contributed by atoms with Gasteiger partial charge in [-0.15, -0.1) is 5.10 Å². The number of rotatable bonds is 4. The first kappa shape index (κ1) is 13.9. The van der Waals surface area contributed by atoms with Crippen molar-refractivity contribution in [3.05, 3.63) is 45.5 Å². The Kier molecular flexibility index (Phi) is 4.10. The van der Waals surface area contributed by atoms with E-state index in [1.54, 1.807) is 0 Å². The Morgan fingerprint density at radius 3 is 2.74 bits per heavy atom. The summed E-state index contributed by atoms with van der Waals surface area (Å²) in [6.07, 6.45) is 0.428. The van der Waals surface area contributed by atoms with Crippen molar-refractivity contribution in [1.82, 2.24) is 9.59 Å². The number of ketones is 1. The first-order chi connectivity index (χ1) is 8.99. The Morgan fingerprint density at radius 1 is 1.32 bits per heavy atom. The van der Waals surface area contributed by atoms with Crippen LogP contribution in [0.5, 0.6) is 0 Å². The summed E-state index contributed by atoms with van der Waals surface area (Å²) >= 11 is 1.20. The fourth-order valence-electron chi connectivity index (χ4n) is 2.01. The van der Waals surface area contributed by atoms with Gasteiger partial charge in [-0.25, -0.2) is 0 Å². The van der Waals surface area contributed by atoms with Crippen LogP contribution in [0.15, 0.2) is 18.2 Å². The number of aryl methyl sites for hydroxylation is 2. The summed E-state index contributed by atoms with van der Waals surface area (Å²) in [5, 5.41) is 4.07. The summed E-state index contributed by atoms with van der Waals surface area (Å²) in [5.74, 6) is 0.351. The third-order valence-corrected chi connectivity index (χ3v) is 3.95. The maximum absolute atomic E-state index is 12.4. The van der Waals surface area contributed by atoms with Crippen molar-refractivity contribution in [3.8, 4) is 0 Å². The molecule has 0 bridgehead atoms. The maximum atomic E-state index is 12.4. The van der Waals surface area contributed by atoms with Gasteiger partial charge in [0.25, 0.3) is 0 Å². The second-order valence-electron chi connectivity index (χ2n) is 5.17. The van der Waals surface area contributed by atoms with Crippen LogP contribution in [0, 0.1) is 13.8 Å². The van der Waals surface area contributed by atoms with E-state index in [0.29, 0.717) is 11.3 Å². The van der Waals surface area contributed by atoms with Gasteiger partial charge >= 0.3 is 0 Å². The monoisotopic (exact) mass is 274 g/mol. The maximum Gasteiger partial charge on any atom is 0.180 e. The van der Waals surface area contributed by atoms with E-state index in [-0.39, 0.29) is 11.7 Å². The van der Waals surface area contributed by atoms with Crippen LogP contribution >= 0.6 is 11.5 Å². The van der Waals surface area contributed by atoms with Crippen molar-refractivity contribution in [1.29, 1.82) is 0 Å². The van der Waals surface area contributed by atoms with Gasteiger partial charge in [0, 0.05) is 6.42 Å². The third-order valence-electron chi connectivity index (χ3n) is 3.17. The van der Waals surface area contributed by atoms with Gasteiger partial charge < -0.3 is 0 Å². The molecule has 2 rings (SSSR count). The lowest BCUT2D eigenvalue weighted by atomic mass is 9.99. The molecular formula is C15H18N2OS. The highest BCUT2D eigenvalue weighted by Gasteiger charge is 2.19. The zero-order valence-corrected chi connectivity index (χ0v) is 12.5. The smallest absolute Gasteiger partial charge is 0.180 e. The Labute approximate surface area is 117 Å². The van der Waals surface area contributed by atoms with Gasteiger partial charge in [0.05, 0.1) is 5.69 Å². The molecule has 0 radical (unpaired) electrons. The van der Waals surface area contributed by atoms with Crippen molar-refractivity contribution in [2.45, 2.75) is 40.0 Å². The number of Topliss-reactive ketones (excluding diaryl/α,β-unsaturated/α-hetero) is 1. The van der Waals surface area contributed by atoms with E-state index in [0.717, 1.165) is 16.8 Å². The van der Waals surface area contributed by atoms with Gasteiger partial charge in [-0.2, -0.15) is 0 Å². The summed E-state index contributed by atoms with van der Waals surface area (Å²) in [4.78, 5) is 13.1. The largest absolute Gasteiger partial charge is 0.293 e. The highest BCUT2D eigenvalue weighted by atomic mass is 32.1. The summed E-state index contributed by atoms with van der Waals surface area (Å²) in [7, 11) is 0. The van der Waals surface area contributed by atoms with Gasteiger partial charge in [-0.3, -0.25) is 4.79 Å². The molecule has 0 saturated carbocycles. The number of carbonyl (C=O) groups is 1. The van der Waals surface area contributed by atoms with E-state index in [1.165, 1.54) is 17.1 Å². The molecule has 1 heterocycles. The number of nitrogens with zero attached hydrogens (tertiary/aromatic N) is 2. The first-order valence-corrected chi connectivity index (χ1v) is 7.18.